The lowest BCUT2D eigenvalue weighted by Crippen LogP contribution is -2.05. The van der Waals surface area contributed by atoms with Crippen molar-refractivity contribution in [2.45, 2.75) is 46.0 Å². The highest BCUT2D eigenvalue weighted by Gasteiger charge is 1.95. The van der Waals surface area contributed by atoms with Crippen LogP contribution in [-0.4, -0.2) is 6.54 Å². The normalized spacial score (nSPS) is 15.3. The molecule has 1 aliphatic carbocycles. The first-order valence-corrected chi connectivity index (χ1v) is 4.47. The first kappa shape index (κ1) is 13.5. The van der Waals surface area contributed by atoms with Gasteiger partial charge in [0.1, 0.15) is 0 Å². The van der Waals surface area contributed by atoms with Crippen LogP contribution < -0.4 is 5.73 Å². The second-order valence-corrected chi connectivity index (χ2v) is 3.40. The van der Waals surface area contributed by atoms with Crippen LogP contribution in [0.2, 0.25) is 0 Å². The summed E-state index contributed by atoms with van der Waals surface area (Å²) in [7, 11) is 0. The van der Waals surface area contributed by atoms with Gasteiger partial charge in [0.2, 0.25) is 0 Å². The van der Waals surface area contributed by atoms with Crippen molar-refractivity contribution in [2.24, 2.45) is 11.7 Å². The van der Waals surface area contributed by atoms with Gasteiger partial charge in [-0.2, -0.15) is 0 Å². The van der Waals surface area contributed by atoms with Gasteiger partial charge in [0.25, 0.3) is 0 Å². The summed E-state index contributed by atoms with van der Waals surface area (Å²) in [5, 5.41) is 0. The zero-order valence-corrected chi connectivity index (χ0v) is 7.81. The van der Waals surface area contributed by atoms with E-state index in [4.69, 9.17) is 5.73 Å². The van der Waals surface area contributed by atoms with Crippen LogP contribution >= 0.6 is 0 Å². The fourth-order valence-corrected chi connectivity index (χ4v) is 0.884. The SMILES string of the molecule is C1CCCC1.CC(C)CN.F.[HH]. The van der Waals surface area contributed by atoms with E-state index in [9.17, 15) is 0 Å². The van der Waals surface area contributed by atoms with Crippen LogP contribution in [0.4, 0.5) is 4.70 Å². The molecular weight excluding hydrogens is 141 g/mol. The standard InChI is InChI=1S/C5H10.C4H11N.FH.H2/c1-2-4-5-3-1;1-4(2)3-5;;/h1-5H2;4H,3,5H2,1-2H3;2*1H. The molecule has 2 heteroatoms. The minimum absolute atomic E-state index is 0. The van der Waals surface area contributed by atoms with Crippen LogP contribution in [-0.2, 0) is 0 Å². The molecule has 0 unspecified atom stereocenters. The Hall–Kier alpha value is -0.110. The molecule has 0 aromatic heterocycles. The first-order chi connectivity index (χ1) is 4.77. The van der Waals surface area contributed by atoms with Gasteiger partial charge in [-0.05, 0) is 12.5 Å². The molecule has 1 rings (SSSR count). The summed E-state index contributed by atoms with van der Waals surface area (Å²) in [5.74, 6) is 0.662. The van der Waals surface area contributed by atoms with Gasteiger partial charge in [-0.25, -0.2) is 0 Å². The molecule has 1 fully saturated rings. The Balaban J connectivity index is -0.000000116. The van der Waals surface area contributed by atoms with E-state index in [2.05, 4.69) is 13.8 Å². The monoisotopic (exact) mass is 165 g/mol. The Morgan fingerprint density at radius 3 is 1.36 bits per heavy atom. The minimum atomic E-state index is 0. The molecule has 0 saturated heterocycles. The van der Waals surface area contributed by atoms with Gasteiger partial charge in [0.15, 0.2) is 0 Å². The lowest BCUT2D eigenvalue weighted by molar-refractivity contribution is 0.664. The van der Waals surface area contributed by atoms with E-state index in [0.717, 1.165) is 6.54 Å². The second-order valence-electron chi connectivity index (χ2n) is 3.40. The summed E-state index contributed by atoms with van der Waals surface area (Å²) < 4.78 is 0. The molecule has 0 aromatic rings. The molecule has 72 valence electrons. The van der Waals surface area contributed by atoms with Crippen LogP contribution in [0.25, 0.3) is 0 Å². The van der Waals surface area contributed by atoms with Crippen molar-refractivity contribution in [1.82, 2.24) is 0 Å². The van der Waals surface area contributed by atoms with Gasteiger partial charge in [-0.1, -0.05) is 46.0 Å². The fraction of sp³-hybridized carbons (Fsp3) is 1.00. The van der Waals surface area contributed by atoms with Gasteiger partial charge >= 0.3 is 0 Å². The van der Waals surface area contributed by atoms with Gasteiger partial charge in [-0.15, -0.1) is 0 Å². The molecule has 0 bridgehead atoms. The molecule has 1 aliphatic rings. The zero-order valence-electron chi connectivity index (χ0n) is 7.81. The number of hydrogen-bond acceptors (Lipinski definition) is 1. The molecule has 11 heavy (non-hydrogen) atoms. The molecule has 0 spiro atoms. The molecule has 0 aliphatic heterocycles. The molecular formula is C9H24FN. The van der Waals surface area contributed by atoms with E-state index in [1.54, 1.807) is 0 Å². The van der Waals surface area contributed by atoms with E-state index in [0.29, 0.717) is 5.92 Å². The van der Waals surface area contributed by atoms with Crippen molar-refractivity contribution in [3.8, 4) is 0 Å². The van der Waals surface area contributed by atoms with Gasteiger partial charge in [0, 0.05) is 1.43 Å². The lowest BCUT2D eigenvalue weighted by atomic mass is 10.2. The maximum absolute atomic E-state index is 5.17. The van der Waals surface area contributed by atoms with Crippen molar-refractivity contribution >= 4 is 0 Å². The average molecular weight is 165 g/mol. The third-order valence-electron chi connectivity index (χ3n) is 1.72. The molecule has 0 heterocycles. The molecule has 1 nitrogen and oxygen atoms in total. The van der Waals surface area contributed by atoms with Gasteiger partial charge in [-0.3, -0.25) is 4.70 Å². The smallest absolute Gasteiger partial charge is 0 e. The second kappa shape index (κ2) is 9.89. The quantitative estimate of drug-likeness (QED) is 0.635. The number of hydrogen-bond donors (Lipinski definition) is 1. The number of halogens is 1. The Labute approximate surface area is 71.2 Å². The largest absolute Gasteiger partial charge is 0.330 e. The van der Waals surface area contributed by atoms with E-state index in [1.165, 1.54) is 32.1 Å². The Bertz CT molecular complexity index is 57.9. The first-order valence-electron chi connectivity index (χ1n) is 4.47. The third-order valence-corrected chi connectivity index (χ3v) is 1.72. The van der Waals surface area contributed by atoms with E-state index in [-0.39, 0.29) is 6.13 Å². The van der Waals surface area contributed by atoms with Crippen molar-refractivity contribution < 1.29 is 6.13 Å². The Morgan fingerprint density at radius 2 is 1.27 bits per heavy atom. The van der Waals surface area contributed by atoms with E-state index >= 15 is 0 Å². The molecule has 2 N–H and O–H groups in total. The topological polar surface area (TPSA) is 26.0 Å². The van der Waals surface area contributed by atoms with Crippen molar-refractivity contribution in [1.29, 1.82) is 0 Å². The highest BCUT2D eigenvalue weighted by atomic mass is 19.0. The average Bonchev–Trinajstić information content (AvgIpc) is 2.43. The molecule has 0 atom stereocenters. The molecule has 0 radical (unpaired) electrons. The van der Waals surface area contributed by atoms with Crippen LogP contribution in [0.3, 0.4) is 0 Å². The molecule has 1 saturated carbocycles. The van der Waals surface area contributed by atoms with Crippen molar-refractivity contribution in [2.75, 3.05) is 6.54 Å². The van der Waals surface area contributed by atoms with Crippen LogP contribution in [0.1, 0.15) is 47.4 Å². The lowest BCUT2D eigenvalue weighted by Gasteiger charge is -1.91. The summed E-state index contributed by atoms with van der Waals surface area (Å²) in [6.45, 7) is 5.00. The van der Waals surface area contributed by atoms with Crippen LogP contribution in [0, 0.1) is 5.92 Å². The predicted molar refractivity (Wildman–Crippen MR) is 51.6 cm³/mol. The summed E-state index contributed by atoms with van der Waals surface area (Å²) >= 11 is 0. The van der Waals surface area contributed by atoms with Crippen LogP contribution in [0.5, 0.6) is 0 Å². The summed E-state index contributed by atoms with van der Waals surface area (Å²) in [6.07, 6.45) is 7.50. The highest BCUT2D eigenvalue weighted by Crippen LogP contribution is 2.15. The van der Waals surface area contributed by atoms with Crippen molar-refractivity contribution in [3.05, 3.63) is 0 Å². The Kier molecular flexibility index (Phi) is 12.1. The van der Waals surface area contributed by atoms with Gasteiger partial charge < -0.3 is 5.73 Å². The maximum Gasteiger partial charge on any atom is 0 e. The fourth-order valence-electron chi connectivity index (χ4n) is 0.884. The van der Waals surface area contributed by atoms with Crippen LogP contribution in [0.15, 0.2) is 0 Å². The van der Waals surface area contributed by atoms with E-state index in [1.807, 2.05) is 0 Å². The molecule has 0 aromatic carbocycles. The molecule has 0 amide bonds. The van der Waals surface area contributed by atoms with E-state index < -0.39 is 0 Å². The zero-order chi connectivity index (χ0) is 7.82. The number of nitrogens with two attached hydrogens (primary N) is 1. The van der Waals surface area contributed by atoms with Crippen molar-refractivity contribution in [3.63, 3.8) is 0 Å². The third kappa shape index (κ3) is 13.0. The van der Waals surface area contributed by atoms with Gasteiger partial charge in [0.05, 0.1) is 0 Å². The number of rotatable bonds is 1. The predicted octanol–water partition coefficient (Wildman–Crippen LogP) is 2.95. The summed E-state index contributed by atoms with van der Waals surface area (Å²) in [4.78, 5) is 0. The Morgan fingerprint density at radius 1 is 1.09 bits per heavy atom. The summed E-state index contributed by atoms with van der Waals surface area (Å²) in [6, 6.07) is 0. The highest BCUT2D eigenvalue weighted by molar-refractivity contribution is 4.51. The summed E-state index contributed by atoms with van der Waals surface area (Å²) in [5.41, 5.74) is 5.17. The maximum atomic E-state index is 5.17. The minimum Gasteiger partial charge on any atom is -0.330 e.